The van der Waals surface area contributed by atoms with Gasteiger partial charge in [-0.15, -0.1) is 0 Å². The molecule has 1 aromatic heterocycles. The van der Waals surface area contributed by atoms with E-state index in [0.717, 1.165) is 29.4 Å². The molecule has 0 atom stereocenters. The molecule has 4 heteroatoms. The van der Waals surface area contributed by atoms with Crippen molar-refractivity contribution in [1.29, 1.82) is 0 Å². The average molecular weight is 313 g/mol. The number of aromatic nitrogens is 1. The minimum absolute atomic E-state index is 0.378. The maximum absolute atomic E-state index is 12.5. The molecule has 23 heavy (non-hydrogen) atoms. The van der Waals surface area contributed by atoms with Crippen LogP contribution in [0.4, 0.5) is 0 Å². The molecule has 0 aliphatic heterocycles. The lowest BCUT2D eigenvalue weighted by molar-refractivity contribution is 0.00624. The summed E-state index contributed by atoms with van der Waals surface area (Å²) in [6.45, 7) is 7.52. The van der Waals surface area contributed by atoms with Gasteiger partial charge in [0.25, 0.3) is 0 Å². The van der Waals surface area contributed by atoms with Gasteiger partial charge in [0.2, 0.25) is 0 Å². The summed E-state index contributed by atoms with van der Waals surface area (Å²) in [5, 5.41) is 0. The standard InChI is InChI=1S/C19H23NO3/c1-5-9-14-16(13-10-7-6-8-11-13)15(12-21)20-17(14)18(22)23-19(2,3)4/h6-8,10-12,20H,5,9H2,1-4H3. The van der Waals surface area contributed by atoms with Crippen molar-refractivity contribution in [1.82, 2.24) is 4.98 Å². The van der Waals surface area contributed by atoms with E-state index in [1.807, 2.05) is 58.0 Å². The van der Waals surface area contributed by atoms with E-state index in [2.05, 4.69) is 4.98 Å². The van der Waals surface area contributed by atoms with Crippen LogP contribution < -0.4 is 0 Å². The second-order valence-electron chi connectivity index (χ2n) is 6.50. The molecule has 0 amide bonds. The summed E-state index contributed by atoms with van der Waals surface area (Å²) < 4.78 is 5.47. The van der Waals surface area contributed by atoms with Gasteiger partial charge in [-0.3, -0.25) is 4.79 Å². The fourth-order valence-electron chi connectivity index (χ4n) is 2.59. The summed E-state index contributed by atoms with van der Waals surface area (Å²) in [5.74, 6) is -0.425. The van der Waals surface area contributed by atoms with Crippen molar-refractivity contribution < 1.29 is 14.3 Å². The molecule has 4 nitrogen and oxygen atoms in total. The smallest absolute Gasteiger partial charge is 0.355 e. The molecule has 2 aromatic rings. The van der Waals surface area contributed by atoms with Gasteiger partial charge in [-0.05, 0) is 38.3 Å². The second kappa shape index (κ2) is 6.82. The van der Waals surface area contributed by atoms with E-state index in [1.165, 1.54) is 0 Å². The van der Waals surface area contributed by atoms with Crippen molar-refractivity contribution in [2.45, 2.75) is 46.1 Å². The molecule has 0 aliphatic carbocycles. The molecule has 0 saturated carbocycles. The number of rotatable bonds is 5. The number of aromatic amines is 1. The molecule has 0 unspecified atom stereocenters. The van der Waals surface area contributed by atoms with Crippen LogP contribution in [0.15, 0.2) is 30.3 Å². The maximum Gasteiger partial charge on any atom is 0.355 e. The van der Waals surface area contributed by atoms with Gasteiger partial charge < -0.3 is 9.72 Å². The maximum atomic E-state index is 12.5. The zero-order valence-electron chi connectivity index (χ0n) is 14.1. The highest BCUT2D eigenvalue weighted by atomic mass is 16.6. The van der Waals surface area contributed by atoms with Gasteiger partial charge >= 0.3 is 5.97 Å². The van der Waals surface area contributed by atoms with E-state index in [0.29, 0.717) is 17.8 Å². The van der Waals surface area contributed by atoms with E-state index >= 15 is 0 Å². The molecule has 1 aromatic carbocycles. The quantitative estimate of drug-likeness (QED) is 0.657. The fraction of sp³-hybridized carbons (Fsp3) is 0.368. The number of aldehydes is 1. The minimum Gasteiger partial charge on any atom is -0.455 e. The van der Waals surface area contributed by atoms with Crippen molar-refractivity contribution in [3.8, 4) is 11.1 Å². The molecular weight excluding hydrogens is 290 g/mol. The second-order valence-corrected chi connectivity index (χ2v) is 6.50. The van der Waals surface area contributed by atoms with Crippen LogP contribution in [0, 0.1) is 0 Å². The first-order valence-electron chi connectivity index (χ1n) is 7.86. The van der Waals surface area contributed by atoms with Crippen LogP contribution >= 0.6 is 0 Å². The van der Waals surface area contributed by atoms with Crippen LogP contribution in [-0.2, 0) is 11.2 Å². The number of nitrogens with one attached hydrogen (secondary N) is 1. The summed E-state index contributed by atoms with van der Waals surface area (Å²) in [7, 11) is 0. The van der Waals surface area contributed by atoms with Crippen LogP contribution in [0.5, 0.6) is 0 Å². The Labute approximate surface area is 136 Å². The highest BCUT2D eigenvalue weighted by Crippen LogP contribution is 2.31. The number of carbonyl (C=O) groups excluding carboxylic acids is 2. The number of hydrogen-bond donors (Lipinski definition) is 1. The number of carbonyl (C=O) groups is 2. The third-order valence-electron chi connectivity index (χ3n) is 3.42. The molecular formula is C19H23NO3. The molecule has 2 rings (SSSR count). The summed E-state index contributed by atoms with van der Waals surface area (Å²) in [6, 6.07) is 9.63. The van der Waals surface area contributed by atoms with Crippen molar-refractivity contribution in [3.63, 3.8) is 0 Å². The van der Waals surface area contributed by atoms with Gasteiger partial charge in [0.05, 0.1) is 5.69 Å². The minimum atomic E-state index is -0.583. The molecule has 0 saturated heterocycles. The molecule has 0 bridgehead atoms. The highest BCUT2D eigenvalue weighted by Gasteiger charge is 2.26. The Morgan fingerprint density at radius 3 is 2.39 bits per heavy atom. The van der Waals surface area contributed by atoms with Gasteiger partial charge in [-0.1, -0.05) is 43.7 Å². The van der Waals surface area contributed by atoms with Gasteiger partial charge in [0.1, 0.15) is 11.3 Å². The molecule has 122 valence electrons. The van der Waals surface area contributed by atoms with Crippen molar-refractivity contribution >= 4 is 12.3 Å². The van der Waals surface area contributed by atoms with Crippen molar-refractivity contribution in [3.05, 3.63) is 47.3 Å². The Hall–Kier alpha value is -2.36. The zero-order chi connectivity index (χ0) is 17.0. The average Bonchev–Trinajstić information content (AvgIpc) is 2.85. The molecule has 0 aliphatic rings. The van der Waals surface area contributed by atoms with Crippen LogP contribution in [0.3, 0.4) is 0 Å². The SMILES string of the molecule is CCCc1c(C(=O)OC(C)(C)C)[nH]c(C=O)c1-c1ccccc1. The predicted octanol–water partition coefficient (Wildman–Crippen LogP) is 4.40. The zero-order valence-corrected chi connectivity index (χ0v) is 14.1. The van der Waals surface area contributed by atoms with Gasteiger partial charge in [-0.2, -0.15) is 0 Å². The molecule has 1 N–H and O–H groups in total. The first-order valence-corrected chi connectivity index (χ1v) is 7.86. The number of ether oxygens (including phenoxy) is 1. The summed E-state index contributed by atoms with van der Waals surface area (Å²) >= 11 is 0. The van der Waals surface area contributed by atoms with Crippen molar-refractivity contribution in [2.24, 2.45) is 0 Å². The Kier molecular flexibility index (Phi) is 5.04. The van der Waals surface area contributed by atoms with E-state index in [4.69, 9.17) is 4.74 Å². The predicted molar refractivity (Wildman–Crippen MR) is 90.8 cm³/mol. The normalized spacial score (nSPS) is 11.3. The van der Waals surface area contributed by atoms with E-state index in [9.17, 15) is 9.59 Å². The van der Waals surface area contributed by atoms with Crippen molar-refractivity contribution in [2.75, 3.05) is 0 Å². The number of esters is 1. The third-order valence-corrected chi connectivity index (χ3v) is 3.42. The third kappa shape index (κ3) is 3.89. The van der Waals surface area contributed by atoms with E-state index in [1.54, 1.807) is 0 Å². The summed E-state index contributed by atoms with van der Waals surface area (Å²) in [5.41, 5.74) is 2.77. The summed E-state index contributed by atoms with van der Waals surface area (Å²) in [4.78, 5) is 27.0. The van der Waals surface area contributed by atoms with Crippen LogP contribution in [0.2, 0.25) is 0 Å². The van der Waals surface area contributed by atoms with Crippen LogP contribution in [0.25, 0.3) is 11.1 Å². The van der Waals surface area contributed by atoms with Gasteiger partial charge in [0, 0.05) is 5.56 Å². The lowest BCUT2D eigenvalue weighted by Crippen LogP contribution is -2.24. The Balaban J connectivity index is 2.58. The molecule has 0 radical (unpaired) electrons. The Morgan fingerprint density at radius 2 is 1.87 bits per heavy atom. The number of H-pyrrole nitrogens is 1. The van der Waals surface area contributed by atoms with E-state index in [-0.39, 0.29) is 0 Å². The molecule has 0 fully saturated rings. The summed E-state index contributed by atoms with van der Waals surface area (Å²) in [6.07, 6.45) is 2.32. The van der Waals surface area contributed by atoms with Crippen LogP contribution in [-0.4, -0.2) is 22.8 Å². The lowest BCUT2D eigenvalue weighted by Gasteiger charge is -2.19. The first-order chi connectivity index (χ1) is 10.9. The highest BCUT2D eigenvalue weighted by molar-refractivity contribution is 5.97. The lowest BCUT2D eigenvalue weighted by atomic mass is 9.97. The fourth-order valence-corrected chi connectivity index (χ4v) is 2.59. The van der Waals surface area contributed by atoms with Gasteiger partial charge in [-0.25, -0.2) is 4.79 Å². The first kappa shape index (κ1) is 17.0. The Bertz CT molecular complexity index is 693. The van der Waals surface area contributed by atoms with E-state index < -0.39 is 11.6 Å². The van der Waals surface area contributed by atoms with Crippen LogP contribution in [0.1, 0.15) is 60.7 Å². The van der Waals surface area contributed by atoms with Gasteiger partial charge in [0.15, 0.2) is 6.29 Å². The number of hydrogen-bond acceptors (Lipinski definition) is 3. The monoisotopic (exact) mass is 313 g/mol. The Morgan fingerprint density at radius 1 is 1.22 bits per heavy atom. The largest absolute Gasteiger partial charge is 0.455 e. The molecule has 0 spiro atoms. The number of benzene rings is 1. The molecule has 1 heterocycles. The topological polar surface area (TPSA) is 59.2 Å².